The van der Waals surface area contributed by atoms with Crippen LogP contribution in [-0.2, 0) is 14.2 Å². The normalized spacial score (nSPS) is 18.8. The zero-order valence-corrected chi connectivity index (χ0v) is 11.5. The molecule has 2 rings (SSSR count). The number of nitrogens with two attached hydrogens (primary N) is 1. The maximum Gasteiger partial charge on any atom is 0.184 e. The minimum atomic E-state index is 0.418. The third-order valence-corrected chi connectivity index (χ3v) is 2.71. The van der Waals surface area contributed by atoms with Crippen molar-refractivity contribution in [1.82, 2.24) is 0 Å². The van der Waals surface area contributed by atoms with Crippen LogP contribution in [0.25, 0.3) is 0 Å². The first-order valence-electron chi connectivity index (χ1n) is 6.75. The van der Waals surface area contributed by atoms with Crippen molar-refractivity contribution in [3.8, 4) is 11.5 Å². The van der Waals surface area contributed by atoms with Crippen molar-refractivity contribution < 1.29 is 23.7 Å². The highest BCUT2D eigenvalue weighted by Gasteiger charge is 2.09. The van der Waals surface area contributed by atoms with Gasteiger partial charge < -0.3 is 29.4 Å². The highest BCUT2D eigenvalue weighted by atomic mass is 16.6. The number of nitrogen functional groups attached to an aromatic ring is 1. The summed E-state index contributed by atoms with van der Waals surface area (Å²) in [6.07, 6.45) is 0. The van der Waals surface area contributed by atoms with Crippen LogP contribution in [0.1, 0.15) is 0 Å². The molecule has 0 atom stereocenters. The fourth-order valence-electron chi connectivity index (χ4n) is 1.76. The summed E-state index contributed by atoms with van der Waals surface area (Å²) in [5.41, 5.74) is 6.46. The van der Waals surface area contributed by atoms with E-state index in [0.717, 1.165) is 0 Å². The lowest BCUT2D eigenvalue weighted by Crippen LogP contribution is -2.13. The predicted molar refractivity (Wildman–Crippen MR) is 74.3 cm³/mol. The molecule has 0 bridgehead atoms. The standard InChI is InChI=1S/C14H21NO5/c15-12-2-1-3-13-14(12)20-11-9-18-7-5-16-4-6-17-8-10-19-13/h1-3H,4-11,15H2. The second kappa shape index (κ2) is 8.63. The van der Waals surface area contributed by atoms with Crippen molar-refractivity contribution in [3.63, 3.8) is 0 Å². The molecule has 6 heteroatoms. The molecular formula is C14H21NO5. The molecule has 0 radical (unpaired) electrons. The van der Waals surface area contributed by atoms with Crippen LogP contribution in [0.4, 0.5) is 5.69 Å². The Morgan fingerprint density at radius 2 is 1.25 bits per heavy atom. The van der Waals surface area contributed by atoms with Gasteiger partial charge in [0.25, 0.3) is 0 Å². The van der Waals surface area contributed by atoms with Crippen LogP contribution in [-0.4, -0.2) is 52.9 Å². The molecule has 6 nitrogen and oxygen atoms in total. The first-order valence-corrected chi connectivity index (χ1v) is 6.75. The lowest BCUT2D eigenvalue weighted by Gasteiger charge is -2.14. The molecule has 0 saturated heterocycles. The number of hydrogen-bond acceptors (Lipinski definition) is 6. The van der Waals surface area contributed by atoms with Gasteiger partial charge in [0.2, 0.25) is 0 Å². The van der Waals surface area contributed by atoms with E-state index in [-0.39, 0.29) is 0 Å². The van der Waals surface area contributed by atoms with E-state index in [1.807, 2.05) is 12.1 Å². The monoisotopic (exact) mass is 283 g/mol. The van der Waals surface area contributed by atoms with Crippen molar-refractivity contribution in [1.29, 1.82) is 0 Å². The molecule has 1 aromatic carbocycles. The minimum absolute atomic E-state index is 0.418. The van der Waals surface area contributed by atoms with E-state index in [9.17, 15) is 0 Å². The van der Waals surface area contributed by atoms with Crippen LogP contribution in [0.2, 0.25) is 0 Å². The molecule has 0 spiro atoms. The smallest absolute Gasteiger partial charge is 0.184 e. The Bertz CT molecular complexity index is 399. The van der Waals surface area contributed by atoms with Gasteiger partial charge in [-0.05, 0) is 12.1 Å². The Hall–Kier alpha value is -1.50. The summed E-state index contributed by atoms with van der Waals surface area (Å²) >= 11 is 0. The second-order valence-corrected chi connectivity index (χ2v) is 4.21. The average molecular weight is 283 g/mol. The molecule has 1 aliphatic heterocycles. The van der Waals surface area contributed by atoms with Gasteiger partial charge in [-0.2, -0.15) is 0 Å². The highest BCUT2D eigenvalue weighted by Crippen LogP contribution is 2.33. The van der Waals surface area contributed by atoms with E-state index in [1.54, 1.807) is 6.07 Å². The zero-order chi connectivity index (χ0) is 14.0. The van der Waals surface area contributed by atoms with E-state index in [4.69, 9.17) is 29.4 Å². The summed E-state index contributed by atoms with van der Waals surface area (Å²) in [6.45, 7) is 4.03. The zero-order valence-electron chi connectivity index (χ0n) is 11.5. The van der Waals surface area contributed by atoms with Gasteiger partial charge in [-0.25, -0.2) is 0 Å². The van der Waals surface area contributed by atoms with Gasteiger partial charge in [-0.1, -0.05) is 6.07 Å². The van der Waals surface area contributed by atoms with Crippen LogP contribution in [0.5, 0.6) is 11.5 Å². The fraction of sp³-hybridized carbons (Fsp3) is 0.571. The molecule has 1 aromatic rings. The predicted octanol–water partition coefficient (Wildman–Crippen LogP) is 1.09. The highest BCUT2D eigenvalue weighted by molar-refractivity contribution is 5.60. The summed E-state index contributed by atoms with van der Waals surface area (Å²) < 4.78 is 27.4. The third-order valence-electron chi connectivity index (χ3n) is 2.71. The molecule has 0 aromatic heterocycles. The Morgan fingerprint density at radius 1 is 0.700 bits per heavy atom. The molecule has 112 valence electrons. The van der Waals surface area contributed by atoms with Crippen molar-refractivity contribution >= 4 is 5.69 Å². The largest absolute Gasteiger partial charge is 0.487 e. The number of benzene rings is 1. The van der Waals surface area contributed by atoms with Crippen LogP contribution < -0.4 is 15.2 Å². The van der Waals surface area contributed by atoms with Crippen LogP contribution in [0.3, 0.4) is 0 Å². The summed E-state index contributed by atoms with van der Waals surface area (Å²) in [6, 6.07) is 5.44. The lowest BCUT2D eigenvalue weighted by molar-refractivity contribution is 0.00709. The van der Waals surface area contributed by atoms with Gasteiger partial charge in [0.15, 0.2) is 11.5 Å². The number of anilines is 1. The molecule has 0 aliphatic carbocycles. The fourth-order valence-corrected chi connectivity index (χ4v) is 1.76. The van der Waals surface area contributed by atoms with Gasteiger partial charge in [0.1, 0.15) is 13.2 Å². The number of rotatable bonds is 0. The first-order chi connectivity index (χ1) is 9.88. The van der Waals surface area contributed by atoms with Crippen LogP contribution in [0, 0.1) is 0 Å². The van der Waals surface area contributed by atoms with Crippen molar-refractivity contribution in [2.45, 2.75) is 0 Å². The first kappa shape index (κ1) is 14.9. The molecule has 0 saturated carbocycles. The average Bonchev–Trinajstić information content (AvgIpc) is 2.46. The maximum absolute atomic E-state index is 5.91. The van der Waals surface area contributed by atoms with Gasteiger partial charge in [-0.3, -0.25) is 0 Å². The van der Waals surface area contributed by atoms with Crippen molar-refractivity contribution in [2.24, 2.45) is 0 Å². The van der Waals surface area contributed by atoms with Gasteiger partial charge >= 0.3 is 0 Å². The summed E-state index contributed by atoms with van der Waals surface area (Å²) in [5, 5.41) is 0. The molecule has 2 N–H and O–H groups in total. The van der Waals surface area contributed by atoms with Crippen molar-refractivity contribution in [3.05, 3.63) is 18.2 Å². The summed E-state index contributed by atoms with van der Waals surface area (Å²) in [7, 11) is 0. The third kappa shape index (κ3) is 4.88. The van der Waals surface area contributed by atoms with E-state index >= 15 is 0 Å². The van der Waals surface area contributed by atoms with Crippen LogP contribution in [0.15, 0.2) is 18.2 Å². The van der Waals surface area contributed by atoms with Gasteiger partial charge in [0, 0.05) is 0 Å². The van der Waals surface area contributed by atoms with Crippen molar-refractivity contribution in [2.75, 3.05) is 58.6 Å². The number of ether oxygens (including phenoxy) is 5. The molecule has 1 aliphatic rings. The van der Waals surface area contributed by atoms with Gasteiger partial charge in [0.05, 0.1) is 45.3 Å². The van der Waals surface area contributed by atoms with E-state index in [0.29, 0.717) is 70.0 Å². The number of para-hydroxylation sites is 1. The molecule has 20 heavy (non-hydrogen) atoms. The Balaban J connectivity index is 1.95. The van der Waals surface area contributed by atoms with Crippen LogP contribution >= 0.6 is 0 Å². The quantitative estimate of drug-likeness (QED) is 0.719. The molecule has 0 fully saturated rings. The second-order valence-electron chi connectivity index (χ2n) is 4.21. The summed E-state index contributed by atoms with van der Waals surface area (Å²) in [5.74, 6) is 1.18. The molecular weight excluding hydrogens is 262 g/mol. The maximum atomic E-state index is 5.91. The van der Waals surface area contributed by atoms with E-state index < -0.39 is 0 Å². The minimum Gasteiger partial charge on any atom is -0.487 e. The number of fused-ring (bicyclic) bond motifs is 1. The molecule has 0 amide bonds. The summed E-state index contributed by atoms with van der Waals surface area (Å²) in [4.78, 5) is 0. The Labute approximate surface area is 118 Å². The van der Waals surface area contributed by atoms with E-state index in [1.165, 1.54) is 0 Å². The Morgan fingerprint density at radius 3 is 1.90 bits per heavy atom. The topological polar surface area (TPSA) is 72.2 Å². The SMILES string of the molecule is Nc1cccc2c1OCCOCCOCCOCCO2. The molecule has 1 heterocycles. The molecule has 0 unspecified atom stereocenters. The lowest BCUT2D eigenvalue weighted by atomic mass is 10.3. The van der Waals surface area contributed by atoms with Gasteiger partial charge in [-0.15, -0.1) is 0 Å². The number of hydrogen-bond donors (Lipinski definition) is 1. The Kier molecular flexibility index (Phi) is 6.43. The van der Waals surface area contributed by atoms with E-state index in [2.05, 4.69) is 0 Å².